The molecular formula is C15H26N4. The third-order valence-electron chi connectivity index (χ3n) is 4.94. The summed E-state index contributed by atoms with van der Waals surface area (Å²) in [6.07, 6.45) is 11.1. The molecule has 0 bridgehead atoms. The van der Waals surface area contributed by atoms with Gasteiger partial charge in [-0.05, 0) is 37.2 Å². The molecule has 106 valence electrons. The van der Waals surface area contributed by atoms with Crippen molar-refractivity contribution in [1.82, 2.24) is 15.2 Å². The zero-order valence-corrected chi connectivity index (χ0v) is 11.9. The van der Waals surface area contributed by atoms with E-state index in [-0.39, 0.29) is 0 Å². The molecule has 0 radical (unpaired) electrons. The smallest absolute Gasteiger partial charge is 0.0640 e. The van der Waals surface area contributed by atoms with Crippen molar-refractivity contribution in [3.05, 3.63) is 18.0 Å². The van der Waals surface area contributed by atoms with Crippen LogP contribution in [0.2, 0.25) is 0 Å². The molecule has 19 heavy (non-hydrogen) atoms. The van der Waals surface area contributed by atoms with Gasteiger partial charge in [-0.25, -0.2) is 0 Å². The number of hydrogen-bond donors (Lipinski definition) is 2. The minimum atomic E-state index is 0.393. The van der Waals surface area contributed by atoms with Crippen LogP contribution in [-0.4, -0.2) is 15.8 Å². The Bertz CT molecular complexity index is 408. The Hall–Kier alpha value is -0.870. The monoisotopic (exact) mass is 262 g/mol. The number of nitrogens with one attached hydrogen (secondary N) is 1. The van der Waals surface area contributed by atoms with Gasteiger partial charge in [-0.2, -0.15) is 5.10 Å². The topological polar surface area (TPSA) is 55.9 Å². The zero-order chi connectivity index (χ0) is 13.2. The van der Waals surface area contributed by atoms with Crippen LogP contribution in [0.5, 0.6) is 0 Å². The van der Waals surface area contributed by atoms with E-state index in [4.69, 9.17) is 10.9 Å². The van der Waals surface area contributed by atoms with Crippen LogP contribution in [0, 0.1) is 11.8 Å². The van der Waals surface area contributed by atoms with Gasteiger partial charge in [0.2, 0.25) is 0 Å². The molecule has 2 saturated carbocycles. The van der Waals surface area contributed by atoms with Gasteiger partial charge in [0.1, 0.15) is 0 Å². The number of hydrazine groups is 1. The molecule has 3 unspecified atom stereocenters. The fourth-order valence-corrected chi connectivity index (χ4v) is 3.51. The Morgan fingerprint density at radius 2 is 2.16 bits per heavy atom. The summed E-state index contributed by atoms with van der Waals surface area (Å²) in [5.74, 6) is 7.25. The lowest BCUT2D eigenvalue weighted by atomic mass is 9.96. The lowest BCUT2D eigenvalue weighted by molar-refractivity contribution is 0.327. The molecule has 0 aliphatic heterocycles. The van der Waals surface area contributed by atoms with Crippen LogP contribution in [-0.2, 0) is 6.42 Å². The number of hydrogen-bond acceptors (Lipinski definition) is 3. The van der Waals surface area contributed by atoms with Gasteiger partial charge in [-0.3, -0.25) is 16.0 Å². The van der Waals surface area contributed by atoms with E-state index in [0.29, 0.717) is 12.1 Å². The SMILES string of the molecule is CC1CC1C(Cc1ccn(C2CCCCC2)n1)NN. The molecule has 4 heteroatoms. The number of nitrogens with two attached hydrogens (primary N) is 1. The summed E-state index contributed by atoms with van der Waals surface area (Å²) in [4.78, 5) is 0. The Morgan fingerprint density at radius 1 is 1.42 bits per heavy atom. The highest BCUT2D eigenvalue weighted by Gasteiger charge is 2.39. The van der Waals surface area contributed by atoms with Crippen molar-refractivity contribution in [1.29, 1.82) is 0 Å². The highest BCUT2D eigenvalue weighted by Crippen LogP contribution is 2.41. The molecule has 0 amide bonds. The molecule has 3 atom stereocenters. The van der Waals surface area contributed by atoms with Crippen LogP contribution in [0.4, 0.5) is 0 Å². The van der Waals surface area contributed by atoms with Crippen molar-refractivity contribution in [2.75, 3.05) is 0 Å². The Kier molecular flexibility index (Phi) is 3.89. The van der Waals surface area contributed by atoms with Gasteiger partial charge < -0.3 is 0 Å². The molecule has 0 aromatic carbocycles. The van der Waals surface area contributed by atoms with Crippen molar-refractivity contribution >= 4 is 0 Å². The van der Waals surface area contributed by atoms with E-state index in [9.17, 15) is 0 Å². The van der Waals surface area contributed by atoms with E-state index >= 15 is 0 Å². The van der Waals surface area contributed by atoms with Crippen molar-refractivity contribution in [2.24, 2.45) is 17.7 Å². The second kappa shape index (κ2) is 5.63. The molecule has 1 aromatic rings. The maximum absolute atomic E-state index is 5.69. The standard InChI is InChI=1S/C15H26N4/c1-11-9-14(11)15(17-16)10-12-7-8-19(18-12)13-5-3-2-4-6-13/h7-8,11,13-15,17H,2-6,9-10,16H2,1H3. The first-order valence-corrected chi connectivity index (χ1v) is 7.78. The summed E-state index contributed by atoms with van der Waals surface area (Å²) >= 11 is 0. The van der Waals surface area contributed by atoms with E-state index < -0.39 is 0 Å². The van der Waals surface area contributed by atoms with Crippen molar-refractivity contribution in [2.45, 2.75) is 64.0 Å². The highest BCUT2D eigenvalue weighted by molar-refractivity contribution is 5.05. The number of aromatic nitrogens is 2. The maximum atomic E-state index is 5.69. The van der Waals surface area contributed by atoms with Gasteiger partial charge in [-0.1, -0.05) is 26.2 Å². The third kappa shape index (κ3) is 3.00. The minimum absolute atomic E-state index is 0.393. The first-order chi connectivity index (χ1) is 9.28. The summed E-state index contributed by atoms with van der Waals surface area (Å²) in [7, 11) is 0. The summed E-state index contributed by atoms with van der Waals surface area (Å²) in [5, 5.41) is 4.78. The molecule has 3 N–H and O–H groups in total. The molecule has 2 fully saturated rings. The maximum Gasteiger partial charge on any atom is 0.0640 e. The normalized spacial score (nSPS) is 29.4. The molecule has 1 heterocycles. The first-order valence-electron chi connectivity index (χ1n) is 7.78. The number of nitrogens with zero attached hydrogens (tertiary/aromatic N) is 2. The van der Waals surface area contributed by atoms with Crippen molar-refractivity contribution in [3.63, 3.8) is 0 Å². The minimum Gasteiger partial charge on any atom is -0.271 e. The van der Waals surface area contributed by atoms with Crippen LogP contribution < -0.4 is 11.3 Å². The lowest BCUT2D eigenvalue weighted by Gasteiger charge is -2.22. The Labute approximate surface area is 115 Å². The second-order valence-corrected chi connectivity index (χ2v) is 6.43. The van der Waals surface area contributed by atoms with Gasteiger partial charge in [0, 0.05) is 18.7 Å². The summed E-state index contributed by atoms with van der Waals surface area (Å²) < 4.78 is 2.19. The molecule has 2 aliphatic rings. The van der Waals surface area contributed by atoms with Crippen LogP contribution in [0.3, 0.4) is 0 Å². The molecule has 4 nitrogen and oxygen atoms in total. The van der Waals surface area contributed by atoms with Gasteiger partial charge in [-0.15, -0.1) is 0 Å². The zero-order valence-electron chi connectivity index (χ0n) is 11.9. The predicted molar refractivity (Wildman–Crippen MR) is 76.4 cm³/mol. The van der Waals surface area contributed by atoms with E-state index in [0.717, 1.165) is 18.3 Å². The van der Waals surface area contributed by atoms with E-state index in [1.54, 1.807) is 0 Å². The summed E-state index contributed by atoms with van der Waals surface area (Å²) in [6.45, 7) is 2.30. The summed E-state index contributed by atoms with van der Waals surface area (Å²) in [5.41, 5.74) is 4.17. The molecule has 0 spiro atoms. The van der Waals surface area contributed by atoms with Crippen LogP contribution in [0.15, 0.2) is 12.3 Å². The van der Waals surface area contributed by atoms with E-state index in [1.165, 1.54) is 44.2 Å². The third-order valence-corrected chi connectivity index (χ3v) is 4.94. The molecule has 1 aromatic heterocycles. The Morgan fingerprint density at radius 3 is 2.79 bits per heavy atom. The predicted octanol–water partition coefficient (Wildman–Crippen LogP) is 2.42. The summed E-state index contributed by atoms with van der Waals surface area (Å²) in [6, 6.07) is 3.20. The fourth-order valence-electron chi connectivity index (χ4n) is 3.51. The molecule has 0 saturated heterocycles. The van der Waals surface area contributed by atoms with Gasteiger partial charge >= 0.3 is 0 Å². The van der Waals surface area contributed by atoms with Crippen LogP contribution in [0.1, 0.15) is 57.2 Å². The quantitative estimate of drug-likeness (QED) is 0.633. The average Bonchev–Trinajstić information content (AvgIpc) is 3.00. The van der Waals surface area contributed by atoms with Gasteiger partial charge in [0.15, 0.2) is 0 Å². The molecular weight excluding hydrogens is 236 g/mol. The fraction of sp³-hybridized carbons (Fsp3) is 0.800. The lowest BCUT2D eigenvalue weighted by Crippen LogP contribution is -2.39. The van der Waals surface area contributed by atoms with Crippen LogP contribution >= 0.6 is 0 Å². The highest BCUT2D eigenvalue weighted by atomic mass is 15.3. The van der Waals surface area contributed by atoms with Gasteiger partial charge in [0.05, 0.1) is 11.7 Å². The largest absolute Gasteiger partial charge is 0.271 e. The average molecular weight is 262 g/mol. The van der Waals surface area contributed by atoms with E-state index in [1.807, 2.05) is 0 Å². The van der Waals surface area contributed by atoms with Crippen molar-refractivity contribution in [3.8, 4) is 0 Å². The second-order valence-electron chi connectivity index (χ2n) is 6.43. The Balaban J connectivity index is 1.60. The first kappa shape index (κ1) is 13.1. The molecule has 3 rings (SSSR count). The van der Waals surface area contributed by atoms with E-state index in [2.05, 4.69) is 29.3 Å². The van der Waals surface area contributed by atoms with Crippen LogP contribution in [0.25, 0.3) is 0 Å². The number of rotatable bonds is 5. The van der Waals surface area contributed by atoms with Gasteiger partial charge in [0.25, 0.3) is 0 Å². The van der Waals surface area contributed by atoms with Crippen molar-refractivity contribution < 1.29 is 0 Å². The molecule has 2 aliphatic carbocycles.